The smallest absolute Gasteiger partial charge is 0.378 e. The molecule has 0 saturated carbocycles. The van der Waals surface area contributed by atoms with Crippen LogP contribution in [0.4, 0.5) is 13.2 Å². The molecule has 0 fully saturated rings. The van der Waals surface area contributed by atoms with E-state index < -0.39 is 18.5 Å². The summed E-state index contributed by atoms with van der Waals surface area (Å²) in [6.07, 6.45) is -5.90. The Morgan fingerprint density at radius 2 is 1.72 bits per heavy atom. The minimum atomic E-state index is -4.46. The van der Waals surface area contributed by atoms with E-state index in [0.29, 0.717) is 19.8 Å². The van der Waals surface area contributed by atoms with Gasteiger partial charge in [-0.3, -0.25) is 4.79 Å². The van der Waals surface area contributed by atoms with Crippen molar-refractivity contribution in [3.8, 4) is 0 Å². The third kappa shape index (κ3) is 10.8. The van der Waals surface area contributed by atoms with Gasteiger partial charge in [-0.1, -0.05) is 15.9 Å². The van der Waals surface area contributed by atoms with E-state index in [4.69, 9.17) is 9.47 Å². The van der Waals surface area contributed by atoms with E-state index in [9.17, 15) is 18.0 Å². The van der Waals surface area contributed by atoms with Gasteiger partial charge in [0.2, 0.25) is 5.91 Å². The molecule has 8 heteroatoms. The van der Waals surface area contributed by atoms with Crippen LogP contribution in [0.5, 0.6) is 0 Å². The number of nitrogens with zero attached hydrogens (tertiary/aromatic N) is 1. The first kappa shape index (κ1) is 17.7. The van der Waals surface area contributed by atoms with Crippen molar-refractivity contribution in [1.29, 1.82) is 0 Å². The molecular formula is C10H17BrF3NO3. The molecule has 18 heavy (non-hydrogen) atoms. The molecule has 1 amide bonds. The van der Waals surface area contributed by atoms with Gasteiger partial charge in [-0.2, -0.15) is 13.2 Å². The van der Waals surface area contributed by atoms with Crippen molar-refractivity contribution in [2.75, 3.05) is 45.4 Å². The number of carbonyl (C=O) groups is 1. The molecule has 0 bridgehead atoms. The highest BCUT2D eigenvalue weighted by molar-refractivity contribution is 9.09. The van der Waals surface area contributed by atoms with Crippen LogP contribution in [0.3, 0.4) is 0 Å². The Morgan fingerprint density at radius 3 is 2.22 bits per heavy atom. The van der Waals surface area contributed by atoms with Crippen molar-refractivity contribution in [2.45, 2.75) is 12.6 Å². The van der Waals surface area contributed by atoms with Crippen LogP contribution in [0.25, 0.3) is 0 Å². The predicted molar refractivity (Wildman–Crippen MR) is 63.7 cm³/mol. The van der Waals surface area contributed by atoms with Gasteiger partial charge in [-0.15, -0.1) is 0 Å². The van der Waals surface area contributed by atoms with Crippen LogP contribution < -0.4 is 0 Å². The molecule has 0 unspecified atom stereocenters. The van der Waals surface area contributed by atoms with Crippen molar-refractivity contribution in [2.24, 2.45) is 0 Å². The van der Waals surface area contributed by atoms with Gasteiger partial charge in [-0.05, 0) is 0 Å². The molecule has 108 valence electrons. The van der Waals surface area contributed by atoms with Crippen LogP contribution in [0.15, 0.2) is 0 Å². The van der Waals surface area contributed by atoms with Crippen LogP contribution in [0.1, 0.15) is 6.42 Å². The van der Waals surface area contributed by atoms with E-state index in [1.165, 1.54) is 7.05 Å². The maximum Gasteiger partial charge on any atom is 0.397 e. The van der Waals surface area contributed by atoms with Crippen molar-refractivity contribution < 1.29 is 27.4 Å². The molecule has 0 rings (SSSR count). The largest absolute Gasteiger partial charge is 0.397 e. The lowest BCUT2D eigenvalue weighted by Crippen LogP contribution is -2.33. The lowest BCUT2D eigenvalue weighted by molar-refractivity contribution is -0.160. The van der Waals surface area contributed by atoms with Crippen LogP contribution in [-0.4, -0.2) is 62.3 Å². The standard InChI is InChI=1S/C10H17BrF3NO3/c1-15(9(16)8-10(12,13)14)3-5-18-7-6-17-4-2-11/h2-8H2,1H3. The van der Waals surface area contributed by atoms with Gasteiger partial charge >= 0.3 is 6.18 Å². The molecule has 0 aromatic heterocycles. The lowest BCUT2D eigenvalue weighted by atomic mass is 10.3. The van der Waals surface area contributed by atoms with Gasteiger partial charge in [0.05, 0.1) is 26.4 Å². The molecule has 0 saturated heterocycles. The molecule has 0 aliphatic carbocycles. The molecule has 0 aliphatic heterocycles. The van der Waals surface area contributed by atoms with Crippen molar-refractivity contribution in [3.05, 3.63) is 0 Å². The number of amides is 1. The van der Waals surface area contributed by atoms with Gasteiger partial charge in [0.25, 0.3) is 0 Å². The highest BCUT2D eigenvalue weighted by Gasteiger charge is 2.32. The molecule has 4 nitrogen and oxygen atoms in total. The summed E-state index contributed by atoms with van der Waals surface area (Å²) in [5.41, 5.74) is 0. The van der Waals surface area contributed by atoms with Gasteiger partial charge in [-0.25, -0.2) is 0 Å². The van der Waals surface area contributed by atoms with Crippen molar-refractivity contribution in [1.82, 2.24) is 4.90 Å². The van der Waals surface area contributed by atoms with E-state index in [2.05, 4.69) is 15.9 Å². The fraction of sp³-hybridized carbons (Fsp3) is 0.900. The first-order valence-electron chi connectivity index (χ1n) is 5.39. The highest BCUT2D eigenvalue weighted by Crippen LogP contribution is 2.20. The number of alkyl halides is 4. The Balaban J connectivity index is 3.52. The molecule has 0 spiro atoms. The summed E-state index contributed by atoms with van der Waals surface area (Å²) in [6, 6.07) is 0. The number of halogens is 4. The Morgan fingerprint density at radius 1 is 1.17 bits per heavy atom. The highest BCUT2D eigenvalue weighted by atomic mass is 79.9. The minimum absolute atomic E-state index is 0.132. The maximum atomic E-state index is 11.9. The van der Waals surface area contributed by atoms with E-state index in [1.54, 1.807) is 0 Å². The average Bonchev–Trinajstić information content (AvgIpc) is 2.25. The third-order valence-corrected chi connectivity index (χ3v) is 2.27. The summed E-state index contributed by atoms with van der Waals surface area (Å²) in [5.74, 6) is -0.957. The summed E-state index contributed by atoms with van der Waals surface area (Å²) < 4.78 is 46.0. The Hall–Kier alpha value is -0.340. The molecule has 0 aliphatic rings. The quantitative estimate of drug-likeness (QED) is 0.476. The Bertz CT molecular complexity index is 239. The van der Waals surface area contributed by atoms with Gasteiger partial charge < -0.3 is 14.4 Å². The van der Waals surface area contributed by atoms with Crippen LogP contribution in [0.2, 0.25) is 0 Å². The second-order valence-corrected chi connectivity index (χ2v) is 4.31. The number of ether oxygens (including phenoxy) is 2. The maximum absolute atomic E-state index is 11.9. The molecular weight excluding hydrogens is 319 g/mol. The predicted octanol–water partition coefficient (Wildman–Crippen LogP) is 1.83. The number of carbonyl (C=O) groups excluding carboxylic acids is 1. The third-order valence-electron chi connectivity index (χ3n) is 1.94. The van der Waals surface area contributed by atoms with Crippen LogP contribution in [-0.2, 0) is 14.3 Å². The van der Waals surface area contributed by atoms with Crippen molar-refractivity contribution in [3.63, 3.8) is 0 Å². The first-order chi connectivity index (χ1) is 8.37. The summed E-state index contributed by atoms with van der Waals surface area (Å²) in [7, 11) is 1.32. The van der Waals surface area contributed by atoms with Crippen LogP contribution >= 0.6 is 15.9 Å². The fourth-order valence-electron chi connectivity index (χ4n) is 1.01. The summed E-state index contributed by atoms with van der Waals surface area (Å²) in [5, 5.41) is 0.738. The van der Waals surface area contributed by atoms with E-state index >= 15 is 0 Å². The van der Waals surface area contributed by atoms with E-state index in [1.807, 2.05) is 0 Å². The number of likely N-dealkylation sites (N-methyl/N-ethyl adjacent to an activating group) is 1. The zero-order valence-corrected chi connectivity index (χ0v) is 11.7. The molecule has 0 aromatic carbocycles. The summed E-state index contributed by atoms with van der Waals surface area (Å²) >= 11 is 3.19. The van der Waals surface area contributed by atoms with Gasteiger partial charge in [0.1, 0.15) is 6.42 Å². The zero-order chi connectivity index (χ0) is 14.0. The minimum Gasteiger partial charge on any atom is -0.378 e. The molecule has 0 atom stereocenters. The monoisotopic (exact) mass is 335 g/mol. The van der Waals surface area contributed by atoms with Crippen molar-refractivity contribution >= 4 is 21.8 Å². The number of hydrogen-bond acceptors (Lipinski definition) is 3. The van der Waals surface area contributed by atoms with Crippen LogP contribution in [0, 0.1) is 0 Å². The van der Waals surface area contributed by atoms with Gasteiger partial charge in [0, 0.05) is 18.9 Å². The SMILES string of the molecule is CN(CCOCCOCCBr)C(=O)CC(F)(F)F. The molecule has 0 radical (unpaired) electrons. The van der Waals surface area contributed by atoms with Gasteiger partial charge in [0.15, 0.2) is 0 Å². The zero-order valence-electron chi connectivity index (χ0n) is 10.1. The first-order valence-corrected chi connectivity index (χ1v) is 6.51. The fourth-order valence-corrected chi connectivity index (χ4v) is 1.24. The molecule has 0 heterocycles. The normalized spacial score (nSPS) is 11.6. The summed E-state index contributed by atoms with van der Waals surface area (Å²) in [6.45, 7) is 1.68. The second kappa shape index (κ2) is 9.57. The average molecular weight is 336 g/mol. The number of hydrogen-bond donors (Lipinski definition) is 0. The molecule has 0 N–H and O–H groups in total. The van der Waals surface area contributed by atoms with E-state index in [-0.39, 0.29) is 13.2 Å². The second-order valence-electron chi connectivity index (χ2n) is 3.52. The lowest BCUT2D eigenvalue weighted by Gasteiger charge is -2.18. The molecule has 0 aromatic rings. The summed E-state index contributed by atoms with van der Waals surface area (Å²) in [4.78, 5) is 12.1. The Kier molecular flexibility index (Phi) is 9.39. The topological polar surface area (TPSA) is 38.8 Å². The Labute approximate surface area is 113 Å². The number of rotatable bonds is 9. The van der Waals surface area contributed by atoms with E-state index in [0.717, 1.165) is 10.2 Å².